The summed E-state index contributed by atoms with van der Waals surface area (Å²) in [5.74, 6) is 0. The third kappa shape index (κ3) is 3.31. The van der Waals surface area contributed by atoms with Crippen molar-refractivity contribution in [3.05, 3.63) is 23.8 Å². The van der Waals surface area contributed by atoms with E-state index in [2.05, 4.69) is 23.6 Å². The Bertz CT molecular complexity index is 586. The van der Waals surface area contributed by atoms with E-state index in [0.717, 1.165) is 24.9 Å². The van der Waals surface area contributed by atoms with Crippen LogP contribution in [0.4, 0.5) is 5.69 Å². The minimum absolute atomic E-state index is 0.0214. The minimum Gasteiger partial charge on any atom is -0.398 e. The monoisotopic (exact) mass is 297 g/mol. The summed E-state index contributed by atoms with van der Waals surface area (Å²) in [6.07, 6.45) is 1.65. The maximum absolute atomic E-state index is 12.4. The van der Waals surface area contributed by atoms with E-state index >= 15 is 0 Å². The first-order valence-electron chi connectivity index (χ1n) is 6.88. The maximum atomic E-state index is 12.4. The molecular formula is C14H23N3O2S. The van der Waals surface area contributed by atoms with Crippen LogP contribution in [-0.2, 0) is 10.0 Å². The van der Waals surface area contributed by atoms with Crippen molar-refractivity contribution in [3.63, 3.8) is 0 Å². The van der Waals surface area contributed by atoms with Gasteiger partial charge in [0.2, 0.25) is 10.0 Å². The number of sulfonamides is 1. The molecule has 2 rings (SSSR count). The number of likely N-dealkylation sites (tertiary alicyclic amines) is 1. The molecule has 0 radical (unpaired) electrons. The van der Waals surface area contributed by atoms with E-state index in [1.807, 2.05) is 6.92 Å². The number of aryl methyl sites for hydroxylation is 1. The molecule has 112 valence electrons. The van der Waals surface area contributed by atoms with Gasteiger partial charge >= 0.3 is 0 Å². The van der Waals surface area contributed by atoms with Crippen LogP contribution in [0.15, 0.2) is 23.1 Å². The van der Waals surface area contributed by atoms with Crippen LogP contribution >= 0.6 is 0 Å². The van der Waals surface area contributed by atoms with Gasteiger partial charge in [0, 0.05) is 12.1 Å². The number of anilines is 1. The Morgan fingerprint density at radius 1 is 1.40 bits per heavy atom. The second kappa shape index (κ2) is 5.71. The molecule has 1 aromatic rings. The molecule has 0 aliphatic carbocycles. The summed E-state index contributed by atoms with van der Waals surface area (Å²) in [6.45, 7) is 4.90. The fraction of sp³-hybridized carbons (Fsp3) is 0.571. The zero-order valence-corrected chi connectivity index (χ0v) is 13.1. The second-order valence-corrected chi connectivity index (χ2v) is 7.40. The number of hydrogen-bond donors (Lipinski definition) is 2. The normalized spacial score (nSPS) is 24.8. The Balaban J connectivity index is 2.15. The first-order chi connectivity index (χ1) is 9.29. The summed E-state index contributed by atoms with van der Waals surface area (Å²) in [7, 11) is -1.48. The molecule has 2 atom stereocenters. The summed E-state index contributed by atoms with van der Waals surface area (Å²) >= 11 is 0. The number of nitrogens with one attached hydrogen (secondary N) is 1. The van der Waals surface area contributed by atoms with Gasteiger partial charge in [0.15, 0.2) is 0 Å². The minimum atomic E-state index is -3.54. The lowest BCUT2D eigenvalue weighted by Gasteiger charge is -2.35. The van der Waals surface area contributed by atoms with E-state index in [0.29, 0.717) is 11.7 Å². The first kappa shape index (κ1) is 15.3. The van der Waals surface area contributed by atoms with E-state index in [4.69, 9.17) is 5.73 Å². The lowest BCUT2D eigenvalue weighted by molar-refractivity contribution is 0.178. The quantitative estimate of drug-likeness (QED) is 0.826. The fourth-order valence-corrected chi connectivity index (χ4v) is 3.99. The third-order valence-corrected chi connectivity index (χ3v) is 5.58. The van der Waals surface area contributed by atoms with Gasteiger partial charge in [-0.1, -0.05) is 6.07 Å². The standard InChI is InChI=1S/C14H23N3O2S/c1-10-4-5-14(13(15)8-10)20(18,19)16-12-6-7-17(3)11(2)9-12/h4-5,8,11-12,16H,6-7,9,15H2,1-3H3. The van der Waals surface area contributed by atoms with E-state index in [9.17, 15) is 8.42 Å². The van der Waals surface area contributed by atoms with Gasteiger partial charge < -0.3 is 10.6 Å². The van der Waals surface area contributed by atoms with Gasteiger partial charge in [-0.25, -0.2) is 13.1 Å². The number of nitrogen functional groups attached to an aromatic ring is 1. The molecular weight excluding hydrogens is 274 g/mol. The van der Waals surface area contributed by atoms with Gasteiger partial charge in [-0.2, -0.15) is 0 Å². The number of rotatable bonds is 3. The smallest absolute Gasteiger partial charge is 0.242 e. The number of hydrogen-bond acceptors (Lipinski definition) is 4. The highest BCUT2D eigenvalue weighted by Crippen LogP contribution is 2.22. The SMILES string of the molecule is Cc1ccc(S(=O)(=O)NC2CCN(C)C(C)C2)c(N)c1. The van der Waals surface area contributed by atoms with Crippen LogP contribution in [0.25, 0.3) is 0 Å². The average molecular weight is 297 g/mol. The molecule has 0 bridgehead atoms. The Kier molecular flexibility index (Phi) is 4.36. The Hall–Kier alpha value is -1.11. The van der Waals surface area contributed by atoms with E-state index in [1.54, 1.807) is 18.2 Å². The van der Waals surface area contributed by atoms with Crippen molar-refractivity contribution in [1.29, 1.82) is 0 Å². The first-order valence-corrected chi connectivity index (χ1v) is 8.36. The highest BCUT2D eigenvalue weighted by Gasteiger charge is 2.27. The van der Waals surface area contributed by atoms with Crippen molar-refractivity contribution in [2.24, 2.45) is 0 Å². The number of benzene rings is 1. The fourth-order valence-electron chi connectivity index (χ4n) is 2.59. The summed E-state index contributed by atoms with van der Waals surface area (Å²) < 4.78 is 27.6. The Morgan fingerprint density at radius 2 is 2.10 bits per heavy atom. The molecule has 5 nitrogen and oxygen atoms in total. The van der Waals surface area contributed by atoms with Crippen molar-refractivity contribution in [3.8, 4) is 0 Å². The third-order valence-electron chi connectivity index (χ3n) is 3.98. The van der Waals surface area contributed by atoms with E-state index in [1.165, 1.54) is 0 Å². The molecule has 0 spiro atoms. The molecule has 1 aliphatic rings. The van der Waals surface area contributed by atoms with Crippen molar-refractivity contribution in [2.75, 3.05) is 19.3 Å². The van der Waals surface area contributed by atoms with E-state index in [-0.39, 0.29) is 10.9 Å². The van der Waals surface area contributed by atoms with Crippen molar-refractivity contribution < 1.29 is 8.42 Å². The topological polar surface area (TPSA) is 75.4 Å². The molecule has 3 N–H and O–H groups in total. The van der Waals surface area contributed by atoms with Gasteiger partial charge in [-0.3, -0.25) is 0 Å². The molecule has 1 fully saturated rings. The highest BCUT2D eigenvalue weighted by molar-refractivity contribution is 7.89. The number of nitrogens with zero attached hydrogens (tertiary/aromatic N) is 1. The Morgan fingerprint density at radius 3 is 2.70 bits per heavy atom. The molecule has 2 unspecified atom stereocenters. The van der Waals surface area contributed by atoms with E-state index < -0.39 is 10.0 Å². The molecule has 0 saturated carbocycles. The zero-order chi connectivity index (χ0) is 14.9. The van der Waals surface area contributed by atoms with Crippen molar-refractivity contribution in [1.82, 2.24) is 9.62 Å². The molecule has 1 saturated heterocycles. The van der Waals surface area contributed by atoms with Crippen LogP contribution in [0, 0.1) is 6.92 Å². The molecule has 1 aliphatic heterocycles. The molecule has 20 heavy (non-hydrogen) atoms. The van der Waals surface area contributed by atoms with Crippen LogP contribution in [-0.4, -0.2) is 39.0 Å². The van der Waals surface area contributed by atoms with Crippen LogP contribution in [0.1, 0.15) is 25.3 Å². The largest absolute Gasteiger partial charge is 0.398 e. The number of piperidine rings is 1. The van der Waals surface area contributed by atoms with Crippen molar-refractivity contribution >= 4 is 15.7 Å². The van der Waals surface area contributed by atoms with Gasteiger partial charge in [-0.15, -0.1) is 0 Å². The Labute approximate surface area is 121 Å². The predicted molar refractivity (Wildman–Crippen MR) is 81.0 cm³/mol. The molecule has 6 heteroatoms. The van der Waals surface area contributed by atoms with Crippen LogP contribution < -0.4 is 10.5 Å². The maximum Gasteiger partial charge on any atom is 0.242 e. The number of nitrogens with two attached hydrogens (primary N) is 1. The zero-order valence-electron chi connectivity index (χ0n) is 12.3. The lowest BCUT2D eigenvalue weighted by atomic mass is 10.0. The molecule has 0 amide bonds. The predicted octanol–water partition coefficient (Wildman–Crippen LogP) is 1.34. The summed E-state index contributed by atoms with van der Waals surface area (Å²) in [4.78, 5) is 2.42. The van der Waals surface area contributed by atoms with Gasteiger partial charge in [0.25, 0.3) is 0 Å². The summed E-state index contributed by atoms with van der Waals surface area (Å²) in [6, 6.07) is 5.39. The van der Waals surface area contributed by atoms with Crippen LogP contribution in [0.5, 0.6) is 0 Å². The van der Waals surface area contributed by atoms with Gasteiger partial charge in [0.1, 0.15) is 4.90 Å². The summed E-state index contributed by atoms with van der Waals surface area (Å²) in [5.41, 5.74) is 7.09. The van der Waals surface area contributed by atoms with Gasteiger partial charge in [-0.05, 0) is 58.0 Å². The average Bonchev–Trinajstić information content (AvgIpc) is 2.33. The highest BCUT2D eigenvalue weighted by atomic mass is 32.2. The van der Waals surface area contributed by atoms with Crippen LogP contribution in [0.2, 0.25) is 0 Å². The van der Waals surface area contributed by atoms with Crippen LogP contribution in [0.3, 0.4) is 0 Å². The second-order valence-electron chi connectivity index (χ2n) is 5.71. The van der Waals surface area contributed by atoms with Gasteiger partial charge in [0.05, 0.1) is 5.69 Å². The molecule has 1 aromatic carbocycles. The lowest BCUT2D eigenvalue weighted by Crippen LogP contribution is -2.47. The van der Waals surface area contributed by atoms with Crippen molar-refractivity contribution in [2.45, 2.75) is 43.7 Å². The summed E-state index contributed by atoms with van der Waals surface area (Å²) in [5, 5.41) is 0. The molecule has 1 heterocycles. The molecule has 0 aromatic heterocycles.